The average Bonchev–Trinajstić information content (AvgIpc) is 3.15. The van der Waals surface area contributed by atoms with Crippen LogP contribution in [0.25, 0.3) is 0 Å². The Bertz CT molecular complexity index is 724. The Hall–Kier alpha value is -1.65. The fourth-order valence-corrected chi connectivity index (χ4v) is 5.01. The van der Waals surface area contributed by atoms with Crippen molar-refractivity contribution in [1.29, 1.82) is 0 Å². The van der Waals surface area contributed by atoms with Crippen molar-refractivity contribution < 1.29 is 32.6 Å². The van der Waals surface area contributed by atoms with Gasteiger partial charge in [-0.2, -0.15) is 13.2 Å². The number of nitrogens with zero attached hydrogens (tertiary/aromatic N) is 2. The predicted octanol–water partition coefficient (Wildman–Crippen LogP) is 2.88. The van der Waals surface area contributed by atoms with Crippen LogP contribution in [0.5, 0.6) is 0 Å². The second kappa shape index (κ2) is 9.65. The van der Waals surface area contributed by atoms with Gasteiger partial charge in [0.25, 0.3) is 0 Å². The number of fused-ring (bicyclic) bond motifs is 1. The van der Waals surface area contributed by atoms with Gasteiger partial charge in [-0.25, -0.2) is 4.79 Å². The van der Waals surface area contributed by atoms with E-state index in [4.69, 9.17) is 14.6 Å². The van der Waals surface area contributed by atoms with Crippen molar-refractivity contribution in [3.63, 3.8) is 0 Å². The summed E-state index contributed by atoms with van der Waals surface area (Å²) in [6, 6.07) is 4.44. The van der Waals surface area contributed by atoms with E-state index in [1.165, 1.54) is 24.3 Å². The molecule has 2 aliphatic heterocycles. The molecule has 168 valence electrons. The van der Waals surface area contributed by atoms with Crippen LogP contribution in [0.2, 0.25) is 0 Å². The van der Waals surface area contributed by atoms with Gasteiger partial charge in [0.15, 0.2) is 0 Å². The molecule has 3 aliphatic rings. The van der Waals surface area contributed by atoms with E-state index in [2.05, 4.69) is 21.2 Å². The van der Waals surface area contributed by atoms with Gasteiger partial charge in [0, 0.05) is 44.1 Å². The summed E-state index contributed by atoms with van der Waals surface area (Å²) in [5.74, 6) is -1.07. The molecule has 3 atom stereocenters. The largest absolute Gasteiger partial charge is 0.490 e. The summed E-state index contributed by atoms with van der Waals surface area (Å²) in [4.78, 5) is 27.6. The van der Waals surface area contributed by atoms with E-state index in [1.807, 2.05) is 13.2 Å². The Morgan fingerprint density at radius 1 is 1.27 bits per heavy atom. The van der Waals surface area contributed by atoms with Crippen LogP contribution in [0.3, 0.4) is 0 Å². The third-order valence-corrected chi connectivity index (χ3v) is 6.80. The standard InChI is InChI=1S/C18H26N2O2S.C2HF3O2/c1-22-17-6-7-20(18(21)9-14-3-2-8-23-14)16-12-19(11-15(16)17)10-13-4-5-13;3-2(4,5)1(6)7/h2-3,8,13,15-17H,4-7,9-12H2,1H3;(H,6,7)/t15-,16+,17+;/m0./s1. The molecule has 30 heavy (non-hydrogen) atoms. The minimum Gasteiger partial charge on any atom is -0.475 e. The van der Waals surface area contributed by atoms with Gasteiger partial charge in [-0.15, -0.1) is 11.3 Å². The fraction of sp³-hybridized carbons (Fsp3) is 0.700. The van der Waals surface area contributed by atoms with Crippen molar-refractivity contribution >= 4 is 23.2 Å². The van der Waals surface area contributed by atoms with Gasteiger partial charge in [0.05, 0.1) is 18.6 Å². The number of hydrogen-bond acceptors (Lipinski definition) is 5. The number of methoxy groups -OCH3 is 1. The molecule has 0 spiro atoms. The second-order valence-corrected chi connectivity index (χ2v) is 9.13. The highest BCUT2D eigenvalue weighted by Crippen LogP contribution is 2.36. The van der Waals surface area contributed by atoms with Crippen LogP contribution < -0.4 is 0 Å². The Balaban J connectivity index is 0.000000318. The van der Waals surface area contributed by atoms with Crippen molar-refractivity contribution in [2.45, 2.75) is 44.0 Å². The number of likely N-dealkylation sites (tertiary alicyclic amines) is 2. The van der Waals surface area contributed by atoms with Gasteiger partial charge in [-0.3, -0.25) is 4.79 Å². The van der Waals surface area contributed by atoms with Crippen molar-refractivity contribution in [1.82, 2.24) is 9.80 Å². The van der Waals surface area contributed by atoms with E-state index in [0.717, 1.165) is 32.0 Å². The Morgan fingerprint density at radius 3 is 2.50 bits per heavy atom. The summed E-state index contributed by atoms with van der Waals surface area (Å²) in [6.45, 7) is 4.21. The summed E-state index contributed by atoms with van der Waals surface area (Å²) in [7, 11) is 1.83. The SMILES string of the molecule is CO[C@@H]1CCN(C(=O)Cc2cccs2)[C@@H]2CN(CC3CC3)C[C@@H]21.O=C(O)C(F)(F)F. The van der Waals surface area contributed by atoms with E-state index in [9.17, 15) is 18.0 Å². The number of thiophene rings is 1. The predicted molar refractivity (Wildman–Crippen MR) is 105 cm³/mol. The molecular formula is C20H27F3N2O4S. The van der Waals surface area contributed by atoms with Gasteiger partial charge in [0.1, 0.15) is 0 Å². The topological polar surface area (TPSA) is 70.1 Å². The minimum atomic E-state index is -5.08. The molecule has 3 heterocycles. The van der Waals surface area contributed by atoms with Gasteiger partial charge in [-0.1, -0.05) is 6.07 Å². The Morgan fingerprint density at radius 2 is 1.97 bits per heavy atom. The normalized spacial score (nSPS) is 26.7. The summed E-state index contributed by atoms with van der Waals surface area (Å²) in [5.41, 5.74) is 0. The number of piperidine rings is 1. The lowest BCUT2D eigenvalue weighted by atomic mass is 9.88. The summed E-state index contributed by atoms with van der Waals surface area (Å²) < 4.78 is 37.5. The molecule has 0 radical (unpaired) electrons. The number of aliphatic carboxylic acids is 1. The van der Waals surface area contributed by atoms with Crippen LogP contribution in [0, 0.1) is 11.8 Å². The molecule has 3 fully saturated rings. The highest BCUT2D eigenvalue weighted by molar-refractivity contribution is 7.10. The summed E-state index contributed by atoms with van der Waals surface area (Å²) in [5, 5.41) is 9.18. The third-order valence-electron chi connectivity index (χ3n) is 5.93. The molecular weight excluding hydrogens is 421 g/mol. The van der Waals surface area contributed by atoms with Crippen LogP contribution in [-0.2, 0) is 20.7 Å². The fourth-order valence-electron chi connectivity index (χ4n) is 4.32. The first kappa shape index (κ1) is 23.0. The molecule has 4 rings (SSSR count). The molecule has 1 aromatic heterocycles. The highest BCUT2D eigenvalue weighted by Gasteiger charge is 2.46. The molecule has 0 bridgehead atoms. The van der Waals surface area contributed by atoms with Crippen molar-refractivity contribution in [3.05, 3.63) is 22.4 Å². The van der Waals surface area contributed by atoms with Gasteiger partial charge >= 0.3 is 12.1 Å². The number of rotatable bonds is 5. The average molecular weight is 449 g/mol. The summed E-state index contributed by atoms with van der Waals surface area (Å²) in [6.07, 6.45) is -0.456. The number of hydrogen-bond donors (Lipinski definition) is 1. The van der Waals surface area contributed by atoms with Crippen LogP contribution in [0.15, 0.2) is 17.5 Å². The lowest BCUT2D eigenvalue weighted by Crippen LogP contribution is -2.54. The molecule has 1 aromatic rings. The van der Waals surface area contributed by atoms with Crippen LogP contribution in [-0.4, -0.2) is 78.4 Å². The van der Waals surface area contributed by atoms with E-state index >= 15 is 0 Å². The quantitative estimate of drug-likeness (QED) is 0.750. The van der Waals surface area contributed by atoms with Crippen molar-refractivity contribution in [2.24, 2.45) is 11.8 Å². The number of halogens is 3. The monoisotopic (exact) mass is 448 g/mol. The highest BCUT2D eigenvalue weighted by atomic mass is 32.1. The maximum atomic E-state index is 12.8. The number of amides is 1. The maximum absolute atomic E-state index is 12.8. The number of carbonyl (C=O) groups is 2. The van der Waals surface area contributed by atoms with Crippen molar-refractivity contribution in [2.75, 3.05) is 33.3 Å². The molecule has 6 nitrogen and oxygen atoms in total. The Kier molecular flexibility index (Phi) is 7.41. The van der Waals surface area contributed by atoms with E-state index in [1.54, 1.807) is 11.3 Å². The van der Waals surface area contributed by atoms with E-state index < -0.39 is 12.1 Å². The molecule has 1 N–H and O–H groups in total. The zero-order valence-corrected chi connectivity index (χ0v) is 17.6. The maximum Gasteiger partial charge on any atom is 0.490 e. The molecule has 2 saturated heterocycles. The molecule has 0 aromatic carbocycles. The number of carboxylic acid groups (broad SMARTS) is 1. The molecule has 10 heteroatoms. The zero-order chi connectivity index (χ0) is 21.9. The van der Waals surface area contributed by atoms with Crippen LogP contribution in [0.4, 0.5) is 13.2 Å². The smallest absolute Gasteiger partial charge is 0.475 e. The number of alkyl halides is 3. The molecule has 1 saturated carbocycles. The minimum absolute atomic E-state index is 0.297. The van der Waals surface area contributed by atoms with Gasteiger partial charge < -0.3 is 19.6 Å². The first-order valence-electron chi connectivity index (χ1n) is 10.1. The van der Waals surface area contributed by atoms with Crippen LogP contribution in [0.1, 0.15) is 24.1 Å². The number of carboxylic acids is 1. The summed E-state index contributed by atoms with van der Waals surface area (Å²) >= 11 is 1.68. The van der Waals surface area contributed by atoms with E-state index in [-0.39, 0.29) is 0 Å². The number of carbonyl (C=O) groups excluding carboxylic acids is 1. The zero-order valence-electron chi connectivity index (χ0n) is 16.8. The van der Waals surface area contributed by atoms with E-state index in [0.29, 0.717) is 30.4 Å². The Labute approximate surface area is 177 Å². The van der Waals surface area contributed by atoms with Gasteiger partial charge in [-0.05, 0) is 36.6 Å². The second-order valence-electron chi connectivity index (χ2n) is 8.10. The lowest BCUT2D eigenvalue weighted by molar-refractivity contribution is -0.192. The first-order valence-corrected chi connectivity index (χ1v) is 10.9. The molecule has 1 aliphatic carbocycles. The van der Waals surface area contributed by atoms with Crippen LogP contribution >= 0.6 is 11.3 Å². The first-order chi connectivity index (χ1) is 14.2. The van der Waals surface area contributed by atoms with Crippen molar-refractivity contribution in [3.8, 4) is 0 Å². The van der Waals surface area contributed by atoms with Gasteiger partial charge in [0.2, 0.25) is 5.91 Å². The molecule has 0 unspecified atom stereocenters. The lowest BCUT2D eigenvalue weighted by Gasteiger charge is -2.41. The number of ether oxygens (including phenoxy) is 1. The third kappa shape index (κ3) is 5.95. The molecule has 1 amide bonds.